The maximum Gasteiger partial charge on any atom is 0.231 e. The molecular weight excluding hydrogens is 346 g/mol. The monoisotopic (exact) mass is 369 g/mol. The van der Waals surface area contributed by atoms with Crippen molar-refractivity contribution in [1.29, 1.82) is 0 Å². The first-order valence-electron chi connectivity index (χ1n) is 9.86. The van der Waals surface area contributed by atoms with Gasteiger partial charge in [0.25, 0.3) is 0 Å². The van der Waals surface area contributed by atoms with Gasteiger partial charge in [-0.3, -0.25) is 0 Å². The number of aryl methyl sites for hydroxylation is 1. The summed E-state index contributed by atoms with van der Waals surface area (Å²) < 4.78 is 0. The Morgan fingerprint density at radius 1 is 1.04 bits per heavy atom. The standard InChI is InChI=1S/C23H23N5/c1-4-10-21-17(6-1)7-5-15-28(21)23-25-14-12-22(27-23)24-13-11-18-16-26-20-9-3-2-8-19(18)20/h1-4,6,8-10,12,14,16,26H,5,7,11,13,15H2,(H,24,25,27). The molecule has 0 unspecified atom stereocenters. The molecule has 3 heterocycles. The molecule has 0 fully saturated rings. The molecule has 0 radical (unpaired) electrons. The van der Waals surface area contributed by atoms with E-state index in [1.54, 1.807) is 0 Å². The van der Waals surface area contributed by atoms with E-state index in [0.717, 1.165) is 44.1 Å². The van der Waals surface area contributed by atoms with E-state index in [9.17, 15) is 0 Å². The number of rotatable bonds is 5. The van der Waals surface area contributed by atoms with Gasteiger partial charge in [-0.1, -0.05) is 36.4 Å². The van der Waals surface area contributed by atoms with E-state index in [-0.39, 0.29) is 0 Å². The second kappa shape index (κ2) is 7.35. The Hall–Kier alpha value is -3.34. The number of aromatic nitrogens is 3. The molecule has 140 valence electrons. The number of para-hydroxylation sites is 2. The molecule has 2 N–H and O–H groups in total. The predicted octanol–water partition coefficient (Wildman–Crippen LogP) is 4.70. The zero-order valence-corrected chi connectivity index (χ0v) is 15.7. The fourth-order valence-electron chi connectivity index (χ4n) is 3.98. The van der Waals surface area contributed by atoms with E-state index in [1.807, 2.05) is 12.3 Å². The molecule has 2 aromatic heterocycles. The molecule has 0 amide bonds. The van der Waals surface area contributed by atoms with Crippen molar-refractivity contribution >= 4 is 28.4 Å². The second-order valence-corrected chi connectivity index (χ2v) is 7.16. The Morgan fingerprint density at radius 2 is 1.93 bits per heavy atom. The fraction of sp³-hybridized carbons (Fsp3) is 0.217. The number of benzene rings is 2. The van der Waals surface area contributed by atoms with Crippen LogP contribution in [0.5, 0.6) is 0 Å². The van der Waals surface area contributed by atoms with Crippen LogP contribution in [-0.2, 0) is 12.8 Å². The van der Waals surface area contributed by atoms with E-state index in [0.29, 0.717) is 0 Å². The summed E-state index contributed by atoms with van der Waals surface area (Å²) in [5.74, 6) is 1.64. The second-order valence-electron chi connectivity index (χ2n) is 7.16. The van der Waals surface area contributed by atoms with Gasteiger partial charge in [0.05, 0.1) is 0 Å². The minimum absolute atomic E-state index is 0.768. The van der Waals surface area contributed by atoms with Gasteiger partial charge in [-0.05, 0) is 48.6 Å². The van der Waals surface area contributed by atoms with Gasteiger partial charge in [-0.15, -0.1) is 0 Å². The number of hydrogen-bond donors (Lipinski definition) is 2. The van der Waals surface area contributed by atoms with Crippen molar-refractivity contribution in [2.75, 3.05) is 23.3 Å². The van der Waals surface area contributed by atoms with Gasteiger partial charge in [-0.2, -0.15) is 4.98 Å². The average Bonchev–Trinajstić information content (AvgIpc) is 3.17. The van der Waals surface area contributed by atoms with Crippen molar-refractivity contribution in [3.05, 3.63) is 78.1 Å². The lowest BCUT2D eigenvalue weighted by Gasteiger charge is -2.29. The Kier molecular flexibility index (Phi) is 4.41. The average molecular weight is 369 g/mol. The number of aromatic amines is 1. The van der Waals surface area contributed by atoms with Gasteiger partial charge < -0.3 is 15.2 Å². The van der Waals surface area contributed by atoms with E-state index < -0.39 is 0 Å². The minimum atomic E-state index is 0.768. The summed E-state index contributed by atoms with van der Waals surface area (Å²) in [5, 5.41) is 4.75. The minimum Gasteiger partial charge on any atom is -0.370 e. The zero-order chi connectivity index (χ0) is 18.8. The quantitative estimate of drug-likeness (QED) is 0.535. The molecule has 2 aromatic carbocycles. The summed E-state index contributed by atoms with van der Waals surface area (Å²) in [7, 11) is 0. The summed E-state index contributed by atoms with van der Waals surface area (Å²) in [6, 6.07) is 18.9. The van der Waals surface area contributed by atoms with Gasteiger partial charge in [0, 0.05) is 42.1 Å². The van der Waals surface area contributed by atoms with Crippen LogP contribution >= 0.6 is 0 Å². The third-order valence-electron chi connectivity index (χ3n) is 5.37. The molecule has 5 rings (SSSR count). The molecule has 0 saturated heterocycles. The van der Waals surface area contributed by atoms with Crippen LogP contribution in [0.25, 0.3) is 10.9 Å². The van der Waals surface area contributed by atoms with Gasteiger partial charge in [0.2, 0.25) is 5.95 Å². The molecule has 0 spiro atoms. The number of H-pyrrole nitrogens is 1. The van der Waals surface area contributed by atoms with E-state index in [1.165, 1.54) is 27.7 Å². The maximum atomic E-state index is 4.77. The Balaban J connectivity index is 1.30. The SMILES string of the molecule is c1ccc2c(c1)CCCN2c1nccc(NCCc2c[nH]c3ccccc23)n1. The predicted molar refractivity (Wildman–Crippen MR) is 114 cm³/mol. The topological polar surface area (TPSA) is 56.8 Å². The van der Waals surface area contributed by atoms with Crippen LogP contribution < -0.4 is 10.2 Å². The number of anilines is 3. The molecule has 0 saturated carbocycles. The number of hydrogen-bond acceptors (Lipinski definition) is 4. The van der Waals surface area contributed by atoms with Gasteiger partial charge >= 0.3 is 0 Å². The highest BCUT2D eigenvalue weighted by Crippen LogP contribution is 2.31. The summed E-state index contributed by atoms with van der Waals surface area (Å²) in [6.07, 6.45) is 7.12. The highest BCUT2D eigenvalue weighted by Gasteiger charge is 2.19. The van der Waals surface area contributed by atoms with Crippen molar-refractivity contribution in [1.82, 2.24) is 15.0 Å². The van der Waals surface area contributed by atoms with Gasteiger partial charge in [0.15, 0.2) is 0 Å². The van der Waals surface area contributed by atoms with Crippen molar-refractivity contribution in [3.63, 3.8) is 0 Å². The lowest BCUT2D eigenvalue weighted by molar-refractivity contribution is 0.750. The summed E-state index contributed by atoms with van der Waals surface area (Å²) in [6.45, 7) is 1.78. The Bertz CT molecular complexity index is 1100. The summed E-state index contributed by atoms with van der Waals surface area (Å²) >= 11 is 0. The normalized spacial score (nSPS) is 13.5. The van der Waals surface area contributed by atoms with Gasteiger partial charge in [-0.25, -0.2) is 4.98 Å². The maximum absolute atomic E-state index is 4.77. The van der Waals surface area contributed by atoms with Crippen LogP contribution in [0.2, 0.25) is 0 Å². The Labute approximate surface area is 164 Å². The number of fused-ring (bicyclic) bond motifs is 2. The largest absolute Gasteiger partial charge is 0.370 e. The first-order valence-corrected chi connectivity index (χ1v) is 9.86. The lowest BCUT2D eigenvalue weighted by atomic mass is 10.0. The molecule has 5 heteroatoms. The van der Waals surface area contributed by atoms with Gasteiger partial charge in [0.1, 0.15) is 5.82 Å². The molecule has 1 aliphatic rings. The van der Waals surface area contributed by atoms with Crippen LogP contribution in [0.1, 0.15) is 17.5 Å². The summed E-state index contributed by atoms with van der Waals surface area (Å²) in [4.78, 5) is 14.9. The van der Waals surface area contributed by atoms with E-state index >= 15 is 0 Å². The molecule has 4 aromatic rings. The van der Waals surface area contributed by atoms with Crippen LogP contribution in [0.4, 0.5) is 17.5 Å². The van der Waals surface area contributed by atoms with Crippen molar-refractivity contribution in [2.45, 2.75) is 19.3 Å². The van der Waals surface area contributed by atoms with Crippen LogP contribution in [0.3, 0.4) is 0 Å². The molecular formula is C23H23N5. The first-order chi connectivity index (χ1) is 13.9. The molecule has 1 aliphatic heterocycles. The third-order valence-corrected chi connectivity index (χ3v) is 5.37. The smallest absolute Gasteiger partial charge is 0.231 e. The highest BCUT2D eigenvalue weighted by molar-refractivity contribution is 5.83. The number of nitrogens with one attached hydrogen (secondary N) is 2. The summed E-state index contributed by atoms with van der Waals surface area (Å²) in [5.41, 5.74) is 5.10. The zero-order valence-electron chi connectivity index (χ0n) is 15.7. The fourth-order valence-corrected chi connectivity index (χ4v) is 3.98. The third kappa shape index (κ3) is 3.20. The van der Waals surface area contributed by atoms with Crippen molar-refractivity contribution in [3.8, 4) is 0 Å². The molecule has 0 bridgehead atoms. The van der Waals surface area contributed by atoms with Crippen molar-refractivity contribution in [2.24, 2.45) is 0 Å². The molecule has 0 aliphatic carbocycles. The molecule has 5 nitrogen and oxygen atoms in total. The highest BCUT2D eigenvalue weighted by atomic mass is 15.3. The molecule has 0 atom stereocenters. The number of nitrogens with zero attached hydrogens (tertiary/aromatic N) is 3. The van der Waals surface area contributed by atoms with Crippen LogP contribution in [-0.4, -0.2) is 28.0 Å². The van der Waals surface area contributed by atoms with E-state index in [2.05, 4.69) is 74.9 Å². The van der Waals surface area contributed by atoms with E-state index in [4.69, 9.17) is 4.98 Å². The first kappa shape index (κ1) is 16.8. The Morgan fingerprint density at radius 3 is 2.93 bits per heavy atom. The van der Waals surface area contributed by atoms with Crippen LogP contribution in [0, 0.1) is 0 Å². The van der Waals surface area contributed by atoms with Crippen LogP contribution in [0.15, 0.2) is 67.0 Å². The molecule has 28 heavy (non-hydrogen) atoms. The lowest BCUT2D eigenvalue weighted by Crippen LogP contribution is -2.26. The van der Waals surface area contributed by atoms with Crippen molar-refractivity contribution < 1.29 is 0 Å².